The largest absolute Gasteiger partial charge is 0.481 e. The lowest BCUT2D eigenvalue weighted by Crippen LogP contribution is -2.46. The number of ether oxygens (including phenoxy) is 1. The molecule has 1 aromatic rings. The number of carbonyl (C=O) groups is 2. The second kappa shape index (κ2) is 7.20. The molecule has 1 aromatic heterocycles. The van der Waals surface area contributed by atoms with E-state index in [4.69, 9.17) is 4.74 Å². The number of thiophene rings is 1. The van der Waals surface area contributed by atoms with E-state index in [9.17, 15) is 14.7 Å². The van der Waals surface area contributed by atoms with Crippen LogP contribution in [0.4, 0.5) is 0 Å². The third-order valence-electron chi connectivity index (χ3n) is 3.50. The number of carboxylic acids is 1. The third kappa shape index (κ3) is 4.39. The zero-order valence-corrected chi connectivity index (χ0v) is 13.7. The minimum atomic E-state index is -0.909. The fraction of sp³-hybridized carbons (Fsp3) is 0.429. The number of carboxylic acid groups (broad SMARTS) is 1. The zero-order valence-electron chi connectivity index (χ0n) is 11.3. The summed E-state index contributed by atoms with van der Waals surface area (Å²) >= 11 is 4.87. The highest BCUT2D eigenvalue weighted by Gasteiger charge is 2.40. The number of carbonyl (C=O) groups excluding carboxylic acids is 1. The monoisotopic (exact) mass is 373 g/mol. The highest BCUT2D eigenvalue weighted by Crippen LogP contribution is 2.30. The maximum absolute atomic E-state index is 11.8. The van der Waals surface area contributed by atoms with E-state index < -0.39 is 11.4 Å². The van der Waals surface area contributed by atoms with E-state index >= 15 is 0 Å². The lowest BCUT2D eigenvalue weighted by molar-refractivity contribution is -0.154. The minimum absolute atomic E-state index is 0.128. The molecule has 2 N–H and O–H groups in total. The molecule has 0 bridgehead atoms. The number of hydrogen-bond donors (Lipinski definition) is 2. The molecule has 0 unspecified atom stereocenters. The summed E-state index contributed by atoms with van der Waals surface area (Å²) in [6.07, 6.45) is 3.98. The molecule has 1 aliphatic heterocycles. The Hall–Kier alpha value is -1.18. The molecule has 0 spiro atoms. The Bertz CT molecular complexity index is 549. The summed E-state index contributed by atoms with van der Waals surface area (Å²) in [6, 6.07) is 3.80. The molecule has 0 saturated carbocycles. The van der Waals surface area contributed by atoms with Crippen LogP contribution >= 0.6 is 27.3 Å². The Balaban J connectivity index is 1.90. The van der Waals surface area contributed by atoms with E-state index in [1.807, 2.05) is 12.1 Å². The Morgan fingerprint density at radius 2 is 2.14 bits per heavy atom. The molecule has 21 heavy (non-hydrogen) atoms. The average molecular weight is 374 g/mol. The molecule has 2 heterocycles. The second-order valence-electron chi connectivity index (χ2n) is 4.89. The van der Waals surface area contributed by atoms with E-state index in [0.29, 0.717) is 26.1 Å². The van der Waals surface area contributed by atoms with Gasteiger partial charge >= 0.3 is 5.97 Å². The van der Waals surface area contributed by atoms with Gasteiger partial charge in [-0.1, -0.05) is 0 Å². The van der Waals surface area contributed by atoms with E-state index in [2.05, 4.69) is 21.2 Å². The predicted octanol–water partition coefficient (Wildman–Crippen LogP) is 2.52. The van der Waals surface area contributed by atoms with Gasteiger partial charge in [-0.05, 0) is 47.0 Å². The first-order valence-corrected chi connectivity index (χ1v) is 8.15. The molecule has 1 amide bonds. The van der Waals surface area contributed by atoms with E-state index in [0.717, 1.165) is 8.66 Å². The van der Waals surface area contributed by atoms with Gasteiger partial charge < -0.3 is 15.2 Å². The first-order valence-electron chi connectivity index (χ1n) is 6.54. The summed E-state index contributed by atoms with van der Waals surface area (Å²) in [5.74, 6) is -1.16. The molecule has 0 aliphatic carbocycles. The van der Waals surface area contributed by atoms with Gasteiger partial charge in [0, 0.05) is 30.7 Å². The molecule has 0 radical (unpaired) electrons. The van der Waals surface area contributed by atoms with Crippen molar-refractivity contribution >= 4 is 45.2 Å². The number of aliphatic carboxylic acids is 1. The quantitative estimate of drug-likeness (QED) is 0.777. The number of rotatable bonds is 5. The number of amides is 1. The van der Waals surface area contributed by atoms with E-state index in [1.165, 1.54) is 17.4 Å². The van der Waals surface area contributed by atoms with Crippen LogP contribution in [0.15, 0.2) is 22.0 Å². The Morgan fingerprint density at radius 3 is 2.71 bits per heavy atom. The highest BCUT2D eigenvalue weighted by molar-refractivity contribution is 9.11. The Kier molecular flexibility index (Phi) is 5.55. The molecule has 0 atom stereocenters. The van der Waals surface area contributed by atoms with Crippen molar-refractivity contribution in [1.82, 2.24) is 5.32 Å². The number of halogens is 1. The zero-order chi connectivity index (χ0) is 15.3. The fourth-order valence-corrected chi connectivity index (χ4v) is 3.45. The Morgan fingerprint density at radius 1 is 1.43 bits per heavy atom. The number of hydrogen-bond acceptors (Lipinski definition) is 4. The fourth-order valence-electron chi connectivity index (χ4n) is 2.12. The Labute approximate surface area is 135 Å². The van der Waals surface area contributed by atoms with Gasteiger partial charge in [-0.2, -0.15) is 0 Å². The van der Waals surface area contributed by atoms with Crippen molar-refractivity contribution in [1.29, 1.82) is 0 Å². The van der Waals surface area contributed by atoms with Crippen molar-refractivity contribution in [2.24, 2.45) is 5.41 Å². The van der Waals surface area contributed by atoms with E-state index in [1.54, 1.807) is 6.08 Å². The molecule has 7 heteroatoms. The first-order chi connectivity index (χ1) is 10.0. The van der Waals surface area contributed by atoms with Crippen LogP contribution in [-0.4, -0.2) is 36.7 Å². The molecular weight excluding hydrogens is 358 g/mol. The molecular formula is C14H16BrNO4S. The standard InChI is InChI=1S/C14H16BrNO4S/c15-11-3-1-10(21-11)2-4-12(17)16-9-14(13(18)19)5-7-20-8-6-14/h1-4H,5-9H2,(H,16,17)(H,18,19)/b4-2+. The molecule has 114 valence electrons. The lowest BCUT2D eigenvalue weighted by atomic mass is 9.80. The van der Waals surface area contributed by atoms with Crippen molar-refractivity contribution < 1.29 is 19.4 Å². The maximum Gasteiger partial charge on any atom is 0.311 e. The van der Waals surface area contributed by atoms with Crippen LogP contribution in [-0.2, 0) is 14.3 Å². The molecule has 0 aromatic carbocycles. The van der Waals surface area contributed by atoms with Crippen molar-refractivity contribution in [2.45, 2.75) is 12.8 Å². The molecule has 1 aliphatic rings. The van der Waals surface area contributed by atoms with Gasteiger partial charge in [0.05, 0.1) is 9.20 Å². The highest BCUT2D eigenvalue weighted by atomic mass is 79.9. The maximum atomic E-state index is 11.8. The van der Waals surface area contributed by atoms with Crippen LogP contribution in [0.1, 0.15) is 17.7 Å². The van der Waals surface area contributed by atoms with E-state index in [-0.39, 0.29) is 12.5 Å². The summed E-state index contributed by atoms with van der Waals surface area (Å²) < 4.78 is 6.19. The number of nitrogens with one attached hydrogen (secondary N) is 1. The molecule has 2 rings (SSSR count). The summed E-state index contributed by atoms with van der Waals surface area (Å²) in [5.41, 5.74) is -0.909. The van der Waals surface area contributed by atoms with Crippen molar-refractivity contribution in [3.63, 3.8) is 0 Å². The molecule has 5 nitrogen and oxygen atoms in total. The lowest BCUT2D eigenvalue weighted by Gasteiger charge is -2.32. The molecule has 1 saturated heterocycles. The average Bonchev–Trinajstić information content (AvgIpc) is 2.89. The summed E-state index contributed by atoms with van der Waals surface area (Å²) in [4.78, 5) is 24.2. The molecule has 1 fully saturated rings. The first kappa shape index (κ1) is 16.2. The van der Waals surface area contributed by atoms with Gasteiger partial charge in [-0.15, -0.1) is 11.3 Å². The normalized spacial score (nSPS) is 17.8. The van der Waals surface area contributed by atoms with Crippen LogP contribution in [0.2, 0.25) is 0 Å². The van der Waals surface area contributed by atoms with Crippen LogP contribution in [0.25, 0.3) is 6.08 Å². The van der Waals surface area contributed by atoms with Crippen LogP contribution in [0, 0.1) is 5.41 Å². The summed E-state index contributed by atoms with van der Waals surface area (Å²) in [7, 11) is 0. The summed E-state index contributed by atoms with van der Waals surface area (Å²) in [5, 5.41) is 12.1. The van der Waals surface area contributed by atoms with Gasteiger partial charge in [-0.25, -0.2) is 0 Å². The van der Waals surface area contributed by atoms with Crippen LogP contribution in [0.5, 0.6) is 0 Å². The predicted molar refractivity (Wildman–Crippen MR) is 84.2 cm³/mol. The topological polar surface area (TPSA) is 75.6 Å². The van der Waals surface area contributed by atoms with Crippen molar-refractivity contribution in [3.05, 3.63) is 26.9 Å². The van der Waals surface area contributed by atoms with Gasteiger partial charge in [0.1, 0.15) is 0 Å². The minimum Gasteiger partial charge on any atom is -0.481 e. The van der Waals surface area contributed by atoms with Crippen molar-refractivity contribution in [3.8, 4) is 0 Å². The second-order valence-corrected chi connectivity index (χ2v) is 7.39. The van der Waals surface area contributed by atoms with Crippen LogP contribution < -0.4 is 5.32 Å². The smallest absolute Gasteiger partial charge is 0.311 e. The van der Waals surface area contributed by atoms with Gasteiger partial charge in [0.25, 0.3) is 0 Å². The van der Waals surface area contributed by atoms with Crippen LogP contribution in [0.3, 0.4) is 0 Å². The SMILES string of the molecule is O=C(/C=C/c1ccc(Br)s1)NCC1(C(=O)O)CCOCC1. The summed E-state index contributed by atoms with van der Waals surface area (Å²) in [6.45, 7) is 0.964. The van der Waals surface area contributed by atoms with Gasteiger partial charge in [-0.3, -0.25) is 9.59 Å². The van der Waals surface area contributed by atoms with Gasteiger partial charge in [0.15, 0.2) is 0 Å². The third-order valence-corrected chi connectivity index (χ3v) is 5.09. The van der Waals surface area contributed by atoms with Crippen molar-refractivity contribution in [2.75, 3.05) is 19.8 Å². The van der Waals surface area contributed by atoms with Gasteiger partial charge in [0.2, 0.25) is 5.91 Å².